The third-order valence-electron chi connectivity index (χ3n) is 3.83. The molecule has 0 radical (unpaired) electrons. The van der Waals surface area contributed by atoms with E-state index in [1.807, 2.05) is 48.6 Å². The number of benzene rings is 1. The van der Waals surface area contributed by atoms with Crippen molar-refractivity contribution in [2.75, 3.05) is 11.9 Å². The molecule has 1 unspecified atom stereocenters. The van der Waals surface area contributed by atoms with Gasteiger partial charge in [0.2, 0.25) is 5.28 Å². The molecule has 1 aromatic heterocycles. The van der Waals surface area contributed by atoms with Crippen LogP contribution in [0.3, 0.4) is 0 Å². The van der Waals surface area contributed by atoms with E-state index < -0.39 is 0 Å². The number of hydrogen-bond acceptors (Lipinski definition) is 4. The smallest absolute Gasteiger partial charge is 0.224 e. The molecule has 0 bridgehead atoms. The van der Waals surface area contributed by atoms with Gasteiger partial charge in [0.05, 0.1) is 18.3 Å². The van der Waals surface area contributed by atoms with Gasteiger partial charge in [-0.05, 0) is 18.0 Å². The molecule has 1 heterocycles. The van der Waals surface area contributed by atoms with Crippen LogP contribution >= 0.6 is 11.6 Å². The fourth-order valence-corrected chi connectivity index (χ4v) is 2.81. The quantitative estimate of drug-likeness (QED) is 0.822. The minimum Gasteiger partial charge on any atom is -0.394 e. The first-order valence-corrected chi connectivity index (χ1v) is 7.95. The summed E-state index contributed by atoms with van der Waals surface area (Å²) in [5.74, 6) is 0.838. The molecule has 0 saturated carbocycles. The molecule has 3 rings (SSSR count). The summed E-state index contributed by atoms with van der Waals surface area (Å²) in [4.78, 5) is 8.51. The Morgan fingerprint density at radius 1 is 1.22 bits per heavy atom. The van der Waals surface area contributed by atoms with E-state index in [0.717, 1.165) is 17.7 Å². The van der Waals surface area contributed by atoms with Crippen molar-refractivity contribution in [3.05, 3.63) is 66.0 Å². The first-order valence-electron chi connectivity index (χ1n) is 7.57. The maximum Gasteiger partial charge on any atom is 0.224 e. The molecule has 4 nitrogen and oxygen atoms in total. The van der Waals surface area contributed by atoms with Gasteiger partial charge in [0.25, 0.3) is 0 Å². The molecule has 0 spiro atoms. The van der Waals surface area contributed by atoms with Crippen LogP contribution in [0.1, 0.15) is 6.42 Å². The van der Waals surface area contributed by atoms with Crippen LogP contribution in [0.25, 0.3) is 11.3 Å². The zero-order chi connectivity index (χ0) is 16.1. The Morgan fingerprint density at radius 3 is 2.74 bits per heavy atom. The minimum atomic E-state index is -0.120. The number of halogens is 1. The highest BCUT2D eigenvalue weighted by Gasteiger charge is 2.19. The fourth-order valence-electron chi connectivity index (χ4n) is 2.62. The van der Waals surface area contributed by atoms with E-state index in [1.165, 1.54) is 0 Å². The summed E-state index contributed by atoms with van der Waals surface area (Å²) in [5, 5.41) is 13.2. The van der Waals surface area contributed by atoms with Crippen molar-refractivity contribution in [3.8, 4) is 11.3 Å². The van der Waals surface area contributed by atoms with Crippen LogP contribution in [0.15, 0.2) is 60.7 Å². The van der Waals surface area contributed by atoms with Gasteiger partial charge < -0.3 is 10.4 Å². The first-order chi connectivity index (χ1) is 11.3. The summed E-state index contributed by atoms with van der Waals surface area (Å²) >= 11 is 6.06. The SMILES string of the molecule is OCC(Nc1cc(-c2ccccc2)nc(Cl)n1)[C@@H]1C=CC=CC1. The third-order valence-corrected chi connectivity index (χ3v) is 4.00. The lowest BCUT2D eigenvalue weighted by Crippen LogP contribution is -2.32. The topological polar surface area (TPSA) is 58.0 Å². The van der Waals surface area contributed by atoms with Crippen LogP contribution in [0.5, 0.6) is 0 Å². The molecule has 0 aliphatic heterocycles. The lowest BCUT2D eigenvalue weighted by molar-refractivity contribution is 0.251. The summed E-state index contributed by atoms with van der Waals surface area (Å²) in [6, 6.07) is 11.5. The highest BCUT2D eigenvalue weighted by Crippen LogP contribution is 2.24. The monoisotopic (exact) mass is 327 g/mol. The van der Waals surface area contributed by atoms with Crippen LogP contribution in [0.4, 0.5) is 5.82 Å². The van der Waals surface area contributed by atoms with E-state index in [1.54, 1.807) is 0 Å². The summed E-state index contributed by atoms with van der Waals surface area (Å²) in [5.41, 5.74) is 1.73. The number of aromatic nitrogens is 2. The maximum atomic E-state index is 9.70. The highest BCUT2D eigenvalue weighted by molar-refractivity contribution is 6.28. The van der Waals surface area contributed by atoms with Crippen LogP contribution in [-0.2, 0) is 0 Å². The van der Waals surface area contributed by atoms with Crippen LogP contribution < -0.4 is 5.32 Å². The van der Waals surface area contributed by atoms with Crippen LogP contribution in [-0.4, -0.2) is 27.7 Å². The van der Waals surface area contributed by atoms with Gasteiger partial charge in [0.1, 0.15) is 5.82 Å². The maximum absolute atomic E-state index is 9.70. The molecule has 2 aromatic rings. The molecule has 0 fully saturated rings. The van der Waals surface area contributed by atoms with Gasteiger partial charge >= 0.3 is 0 Å². The molecule has 1 aromatic carbocycles. The van der Waals surface area contributed by atoms with Crippen molar-refractivity contribution >= 4 is 17.4 Å². The molecule has 23 heavy (non-hydrogen) atoms. The molecule has 0 amide bonds. The van der Waals surface area contributed by atoms with E-state index >= 15 is 0 Å². The Kier molecular flexibility index (Phi) is 5.05. The van der Waals surface area contributed by atoms with Gasteiger partial charge in [-0.1, -0.05) is 54.6 Å². The first kappa shape index (κ1) is 15.7. The van der Waals surface area contributed by atoms with Crippen molar-refractivity contribution in [2.24, 2.45) is 5.92 Å². The summed E-state index contributed by atoms with van der Waals surface area (Å²) in [6.45, 7) is 0.0190. The predicted molar refractivity (Wildman–Crippen MR) is 93.4 cm³/mol. The summed E-state index contributed by atoms with van der Waals surface area (Å²) < 4.78 is 0. The van der Waals surface area contributed by atoms with Gasteiger partial charge in [-0.3, -0.25) is 0 Å². The second-order valence-corrected chi connectivity index (χ2v) is 5.76. The second-order valence-electron chi connectivity index (χ2n) is 5.42. The van der Waals surface area contributed by atoms with Gasteiger partial charge in [-0.2, -0.15) is 0 Å². The predicted octanol–water partition coefficient (Wildman–Crippen LogP) is 3.70. The Morgan fingerprint density at radius 2 is 2.04 bits per heavy atom. The number of nitrogens with one attached hydrogen (secondary N) is 1. The number of anilines is 1. The van der Waals surface area contributed by atoms with Crippen molar-refractivity contribution < 1.29 is 5.11 Å². The zero-order valence-corrected chi connectivity index (χ0v) is 13.3. The van der Waals surface area contributed by atoms with E-state index in [0.29, 0.717) is 5.82 Å². The summed E-state index contributed by atoms with van der Waals surface area (Å²) in [6.07, 6.45) is 9.09. The zero-order valence-electron chi connectivity index (χ0n) is 12.6. The van der Waals surface area contributed by atoms with Crippen LogP contribution in [0, 0.1) is 5.92 Å². The fraction of sp³-hybridized carbons (Fsp3) is 0.222. The van der Waals surface area contributed by atoms with Crippen molar-refractivity contribution in [2.45, 2.75) is 12.5 Å². The number of aliphatic hydroxyl groups is 1. The van der Waals surface area contributed by atoms with E-state index in [4.69, 9.17) is 11.6 Å². The number of hydrogen-bond donors (Lipinski definition) is 2. The molecule has 0 saturated heterocycles. The number of rotatable bonds is 5. The minimum absolute atomic E-state index is 0.0190. The van der Waals surface area contributed by atoms with Crippen LogP contribution in [0.2, 0.25) is 5.28 Å². The van der Waals surface area contributed by atoms with Gasteiger partial charge in [-0.25, -0.2) is 9.97 Å². The molecule has 1 aliphatic carbocycles. The molecular formula is C18H18ClN3O. The van der Waals surface area contributed by atoms with Gasteiger partial charge in [0, 0.05) is 17.5 Å². The lowest BCUT2D eigenvalue weighted by Gasteiger charge is -2.25. The highest BCUT2D eigenvalue weighted by atomic mass is 35.5. The molecule has 2 atom stereocenters. The standard InChI is InChI=1S/C18H18ClN3O/c19-18-21-15(13-7-3-1-4-8-13)11-17(22-18)20-16(12-23)14-9-5-2-6-10-14/h1-9,11,14,16,23H,10,12H2,(H,20,21,22)/t14-,16?/m1/s1. The second kappa shape index (κ2) is 7.40. The Hall–Kier alpha value is -2.17. The molecular weight excluding hydrogens is 310 g/mol. The average molecular weight is 328 g/mol. The van der Waals surface area contributed by atoms with E-state index in [-0.39, 0.29) is 23.9 Å². The van der Waals surface area contributed by atoms with E-state index in [9.17, 15) is 5.11 Å². The summed E-state index contributed by atoms with van der Waals surface area (Å²) in [7, 11) is 0. The van der Waals surface area contributed by atoms with E-state index in [2.05, 4.69) is 27.4 Å². The van der Waals surface area contributed by atoms with Crippen molar-refractivity contribution in [1.82, 2.24) is 9.97 Å². The van der Waals surface area contributed by atoms with Gasteiger partial charge in [-0.15, -0.1) is 0 Å². The Labute approximate surface area is 140 Å². The Balaban J connectivity index is 1.83. The average Bonchev–Trinajstić information content (AvgIpc) is 2.61. The number of nitrogens with zero attached hydrogens (tertiary/aromatic N) is 2. The number of aliphatic hydroxyl groups excluding tert-OH is 1. The molecule has 2 N–H and O–H groups in total. The van der Waals surface area contributed by atoms with Crippen molar-refractivity contribution in [1.29, 1.82) is 0 Å². The lowest BCUT2D eigenvalue weighted by atomic mass is 9.93. The molecule has 1 aliphatic rings. The largest absolute Gasteiger partial charge is 0.394 e. The number of allylic oxidation sites excluding steroid dienone is 3. The normalized spacial score (nSPS) is 17.9. The molecule has 5 heteroatoms. The van der Waals surface area contributed by atoms with Crippen molar-refractivity contribution in [3.63, 3.8) is 0 Å². The third kappa shape index (κ3) is 3.97. The molecule has 118 valence electrons. The Bertz CT molecular complexity index is 715. The van der Waals surface area contributed by atoms with Gasteiger partial charge in [0.15, 0.2) is 0 Å².